The molecule has 0 fully saturated rings. The van der Waals surface area contributed by atoms with E-state index in [-0.39, 0.29) is 18.1 Å². The van der Waals surface area contributed by atoms with E-state index in [1.807, 2.05) is 36.6 Å². The lowest BCUT2D eigenvalue weighted by atomic mass is 9.99. The summed E-state index contributed by atoms with van der Waals surface area (Å²) in [5.74, 6) is 0.453. The number of benzene rings is 1. The van der Waals surface area contributed by atoms with Crippen molar-refractivity contribution in [3.63, 3.8) is 0 Å². The third-order valence-electron chi connectivity index (χ3n) is 4.94. The second kappa shape index (κ2) is 10.8. The molecule has 1 aromatic carbocycles. The normalized spacial score (nSPS) is 13.1. The number of imidazole rings is 1. The summed E-state index contributed by atoms with van der Waals surface area (Å²) in [6.45, 7) is 5.94. The van der Waals surface area contributed by atoms with Crippen LogP contribution in [0.25, 0.3) is 0 Å². The van der Waals surface area contributed by atoms with Crippen molar-refractivity contribution >= 4 is 11.8 Å². The van der Waals surface area contributed by atoms with Crippen molar-refractivity contribution in [1.29, 1.82) is 0 Å². The molecule has 1 aromatic heterocycles. The maximum atomic E-state index is 12.0. The zero-order valence-electron chi connectivity index (χ0n) is 18.2. The zero-order chi connectivity index (χ0) is 22.3. The first-order valence-electron chi connectivity index (χ1n) is 9.94. The molecule has 0 saturated heterocycles. The molecule has 2 aromatic rings. The van der Waals surface area contributed by atoms with Crippen LogP contribution in [-0.4, -0.2) is 52.7 Å². The molecule has 0 bridgehead atoms. The standard InChI is InChI=1S/C22H31N3O5/c1-14(2)9-18(15(3)26)24-19(22(27)28)10-17-11-23-13-25(17)12-16-7-6-8-20(29-4)21(16)30-5/h6-8,11,13-14,18-19,24H,9-10,12H2,1-5H3,(H,27,28). The van der Waals surface area contributed by atoms with Gasteiger partial charge in [-0.25, -0.2) is 4.98 Å². The number of aliphatic carboxylic acids is 1. The van der Waals surface area contributed by atoms with Crippen molar-refractivity contribution in [2.24, 2.45) is 5.92 Å². The van der Waals surface area contributed by atoms with Gasteiger partial charge in [0.15, 0.2) is 11.5 Å². The van der Waals surface area contributed by atoms with Crippen LogP contribution < -0.4 is 14.8 Å². The predicted molar refractivity (Wildman–Crippen MR) is 113 cm³/mol. The summed E-state index contributed by atoms with van der Waals surface area (Å²) in [5.41, 5.74) is 1.63. The molecule has 2 rings (SSSR count). The van der Waals surface area contributed by atoms with Gasteiger partial charge in [0.25, 0.3) is 0 Å². The molecule has 0 spiro atoms. The minimum atomic E-state index is -1.00. The van der Waals surface area contributed by atoms with Crippen LogP contribution in [0.2, 0.25) is 0 Å². The molecule has 0 aliphatic rings. The fourth-order valence-corrected chi connectivity index (χ4v) is 3.41. The van der Waals surface area contributed by atoms with Gasteiger partial charge in [-0.2, -0.15) is 0 Å². The number of carboxylic acids is 1. The number of nitrogens with one attached hydrogen (secondary N) is 1. The first-order chi connectivity index (χ1) is 14.3. The molecule has 30 heavy (non-hydrogen) atoms. The molecule has 8 nitrogen and oxygen atoms in total. The molecule has 0 aliphatic carbocycles. The van der Waals surface area contributed by atoms with Gasteiger partial charge in [-0.1, -0.05) is 26.0 Å². The van der Waals surface area contributed by atoms with Crippen molar-refractivity contribution in [3.05, 3.63) is 42.0 Å². The second-order valence-electron chi connectivity index (χ2n) is 7.72. The van der Waals surface area contributed by atoms with Gasteiger partial charge in [0, 0.05) is 23.9 Å². The summed E-state index contributed by atoms with van der Waals surface area (Å²) in [4.78, 5) is 28.1. The molecule has 8 heteroatoms. The van der Waals surface area contributed by atoms with Crippen LogP contribution in [0.15, 0.2) is 30.7 Å². The van der Waals surface area contributed by atoms with E-state index in [2.05, 4.69) is 10.3 Å². The predicted octanol–water partition coefficient (Wildman–Crippen LogP) is 2.54. The molecule has 0 saturated carbocycles. The molecule has 164 valence electrons. The Kier molecular flexibility index (Phi) is 8.41. The summed E-state index contributed by atoms with van der Waals surface area (Å²) in [7, 11) is 3.16. The third kappa shape index (κ3) is 6.06. The number of rotatable bonds is 12. The number of carbonyl (C=O) groups is 2. The topological polar surface area (TPSA) is 103 Å². The van der Waals surface area contributed by atoms with Crippen LogP contribution >= 0.6 is 0 Å². The SMILES string of the molecule is COc1cccc(Cn2cncc2CC(NC(CC(C)C)C(C)=O)C(=O)O)c1OC. The molecule has 1 heterocycles. The van der Waals surface area contributed by atoms with Crippen molar-refractivity contribution in [1.82, 2.24) is 14.9 Å². The number of ketones is 1. The molecule has 2 unspecified atom stereocenters. The Hall–Kier alpha value is -2.87. The smallest absolute Gasteiger partial charge is 0.321 e. The fourth-order valence-electron chi connectivity index (χ4n) is 3.41. The summed E-state index contributed by atoms with van der Waals surface area (Å²) < 4.78 is 12.7. The van der Waals surface area contributed by atoms with E-state index in [0.717, 1.165) is 11.3 Å². The van der Waals surface area contributed by atoms with Gasteiger partial charge in [-0.3, -0.25) is 14.9 Å². The highest BCUT2D eigenvalue weighted by Crippen LogP contribution is 2.31. The van der Waals surface area contributed by atoms with Crippen molar-refractivity contribution in [3.8, 4) is 11.5 Å². The highest BCUT2D eigenvalue weighted by atomic mass is 16.5. The number of nitrogens with zero attached hydrogens (tertiary/aromatic N) is 2. The molecule has 0 radical (unpaired) electrons. The summed E-state index contributed by atoms with van der Waals surface area (Å²) in [6, 6.07) is 4.21. The molecular weight excluding hydrogens is 386 g/mol. The number of carboxylic acid groups (broad SMARTS) is 1. The van der Waals surface area contributed by atoms with Crippen molar-refractivity contribution in [2.45, 2.75) is 52.2 Å². The van der Waals surface area contributed by atoms with Crippen LogP contribution in [0.1, 0.15) is 38.4 Å². The molecule has 0 amide bonds. The maximum Gasteiger partial charge on any atom is 0.321 e. The number of carbonyl (C=O) groups excluding carboxylic acids is 1. The Labute approximate surface area is 177 Å². The number of hydrogen-bond donors (Lipinski definition) is 2. The Morgan fingerprint density at radius 2 is 1.93 bits per heavy atom. The van der Waals surface area contributed by atoms with E-state index in [1.54, 1.807) is 26.7 Å². The van der Waals surface area contributed by atoms with Gasteiger partial charge < -0.3 is 19.1 Å². The van der Waals surface area contributed by atoms with E-state index in [9.17, 15) is 14.7 Å². The fraction of sp³-hybridized carbons (Fsp3) is 0.500. The highest BCUT2D eigenvalue weighted by Gasteiger charge is 2.26. The zero-order valence-corrected chi connectivity index (χ0v) is 18.2. The van der Waals surface area contributed by atoms with Crippen LogP contribution in [0.5, 0.6) is 11.5 Å². The lowest BCUT2D eigenvalue weighted by molar-refractivity contribution is -0.139. The van der Waals surface area contributed by atoms with Gasteiger partial charge in [-0.05, 0) is 25.3 Å². The van der Waals surface area contributed by atoms with E-state index < -0.39 is 18.1 Å². The molecule has 2 N–H and O–H groups in total. The number of ether oxygens (including phenoxy) is 2. The Balaban J connectivity index is 2.22. The van der Waals surface area contributed by atoms with Crippen LogP contribution in [-0.2, 0) is 22.6 Å². The third-order valence-corrected chi connectivity index (χ3v) is 4.94. The first kappa shape index (κ1) is 23.4. The number of para-hydroxylation sites is 1. The minimum absolute atomic E-state index is 0.0652. The van der Waals surface area contributed by atoms with E-state index in [4.69, 9.17) is 9.47 Å². The van der Waals surface area contributed by atoms with Crippen molar-refractivity contribution in [2.75, 3.05) is 14.2 Å². The maximum absolute atomic E-state index is 12.0. The van der Waals surface area contributed by atoms with Crippen molar-refractivity contribution < 1.29 is 24.2 Å². The molecule has 2 atom stereocenters. The number of Topliss-reactive ketones (excluding diaryl/α,β-unsaturated/α-hetero) is 1. The number of hydrogen-bond acceptors (Lipinski definition) is 6. The molecular formula is C22H31N3O5. The molecule has 0 aliphatic heterocycles. The summed E-state index contributed by atoms with van der Waals surface area (Å²) in [6.07, 6.45) is 4.09. The van der Waals surface area contributed by atoms with Gasteiger partial charge in [0.05, 0.1) is 33.1 Å². The number of aromatic nitrogens is 2. The monoisotopic (exact) mass is 417 g/mol. The van der Waals surface area contributed by atoms with E-state index in [0.29, 0.717) is 24.5 Å². The van der Waals surface area contributed by atoms with Gasteiger partial charge in [0.2, 0.25) is 0 Å². The average molecular weight is 418 g/mol. The van der Waals surface area contributed by atoms with Gasteiger partial charge in [-0.15, -0.1) is 0 Å². The average Bonchev–Trinajstić information content (AvgIpc) is 3.12. The van der Waals surface area contributed by atoms with E-state index in [1.165, 1.54) is 6.92 Å². The summed E-state index contributed by atoms with van der Waals surface area (Å²) in [5, 5.41) is 12.7. The highest BCUT2D eigenvalue weighted by molar-refractivity contribution is 5.83. The van der Waals surface area contributed by atoms with Crippen LogP contribution in [0, 0.1) is 5.92 Å². The second-order valence-corrected chi connectivity index (χ2v) is 7.72. The largest absolute Gasteiger partial charge is 0.493 e. The van der Waals surface area contributed by atoms with Gasteiger partial charge in [0.1, 0.15) is 11.8 Å². The summed E-state index contributed by atoms with van der Waals surface area (Å²) >= 11 is 0. The number of methoxy groups -OCH3 is 2. The first-order valence-corrected chi connectivity index (χ1v) is 9.94. The Morgan fingerprint density at radius 1 is 1.20 bits per heavy atom. The Morgan fingerprint density at radius 3 is 2.50 bits per heavy atom. The van der Waals surface area contributed by atoms with E-state index >= 15 is 0 Å². The lowest BCUT2D eigenvalue weighted by Crippen LogP contribution is -2.48. The Bertz CT molecular complexity index is 862. The lowest BCUT2D eigenvalue weighted by Gasteiger charge is -2.23. The van der Waals surface area contributed by atoms with Crippen LogP contribution in [0.4, 0.5) is 0 Å². The quantitative estimate of drug-likeness (QED) is 0.547. The van der Waals surface area contributed by atoms with Gasteiger partial charge >= 0.3 is 5.97 Å². The minimum Gasteiger partial charge on any atom is -0.493 e. The van der Waals surface area contributed by atoms with Crippen LogP contribution in [0.3, 0.4) is 0 Å².